The summed E-state index contributed by atoms with van der Waals surface area (Å²) in [6.45, 7) is 3.86. The van der Waals surface area contributed by atoms with E-state index >= 15 is 0 Å². The van der Waals surface area contributed by atoms with Crippen LogP contribution in [-0.4, -0.2) is 16.9 Å². The van der Waals surface area contributed by atoms with Crippen LogP contribution < -0.4 is 16.0 Å². The van der Waals surface area contributed by atoms with Crippen molar-refractivity contribution in [2.45, 2.75) is 13.8 Å². The highest BCUT2D eigenvalue weighted by atomic mass is 35.5. The van der Waals surface area contributed by atoms with E-state index in [1.165, 1.54) is 6.07 Å². The molecule has 3 N–H and O–H groups in total. The van der Waals surface area contributed by atoms with Crippen LogP contribution in [0.5, 0.6) is 0 Å². The molecule has 0 aliphatic carbocycles. The van der Waals surface area contributed by atoms with Crippen LogP contribution in [-0.2, 0) is 0 Å². The molecule has 5 nitrogen and oxygen atoms in total. The molecule has 0 aromatic heterocycles. The molecule has 0 bridgehead atoms. The van der Waals surface area contributed by atoms with E-state index in [1.54, 1.807) is 48.5 Å². The van der Waals surface area contributed by atoms with Crippen molar-refractivity contribution in [1.82, 2.24) is 5.32 Å². The molecule has 0 radical (unpaired) electrons. The molecule has 2 amide bonds. The van der Waals surface area contributed by atoms with Gasteiger partial charge in [-0.25, -0.2) is 0 Å². The van der Waals surface area contributed by atoms with Gasteiger partial charge in [-0.2, -0.15) is 0 Å². The predicted octanol–water partition coefficient (Wildman–Crippen LogP) is 5.99. The molecule has 3 aromatic rings. The molecular formula is C23H19Cl2N3O2S. The number of amides is 2. The van der Waals surface area contributed by atoms with Gasteiger partial charge in [0, 0.05) is 22.0 Å². The first kappa shape index (κ1) is 22.7. The minimum atomic E-state index is -0.349. The van der Waals surface area contributed by atoms with Gasteiger partial charge >= 0.3 is 0 Å². The smallest absolute Gasteiger partial charge is 0.257 e. The van der Waals surface area contributed by atoms with Crippen molar-refractivity contribution in [1.29, 1.82) is 0 Å². The Morgan fingerprint density at radius 1 is 0.774 bits per heavy atom. The van der Waals surface area contributed by atoms with Gasteiger partial charge in [-0.05, 0) is 80.7 Å². The highest BCUT2D eigenvalue weighted by Gasteiger charge is 2.12. The van der Waals surface area contributed by atoms with Crippen LogP contribution in [0, 0.1) is 13.8 Å². The summed E-state index contributed by atoms with van der Waals surface area (Å²) in [6, 6.07) is 17.1. The lowest BCUT2D eigenvalue weighted by molar-refractivity contribution is 0.0976. The first-order valence-corrected chi connectivity index (χ1v) is 10.4. The van der Waals surface area contributed by atoms with E-state index in [-0.39, 0.29) is 21.9 Å². The van der Waals surface area contributed by atoms with Gasteiger partial charge in [0.1, 0.15) is 0 Å². The normalized spacial score (nSPS) is 10.3. The Labute approximate surface area is 195 Å². The van der Waals surface area contributed by atoms with Crippen molar-refractivity contribution in [3.63, 3.8) is 0 Å². The number of benzene rings is 3. The van der Waals surface area contributed by atoms with Crippen molar-refractivity contribution < 1.29 is 9.59 Å². The molecule has 31 heavy (non-hydrogen) atoms. The van der Waals surface area contributed by atoms with Gasteiger partial charge in [-0.3, -0.25) is 14.9 Å². The maximum atomic E-state index is 12.4. The van der Waals surface area contributed by atoms with E-state index < -0.39 is 0 Å². The average molecular weight is 472 g/mol. The largest absolute Gasteiger partial charge is 0.332 e. The van der Waals surface area contributed by atoms with E-state index in [2.05, 4.69) is 16.0 Å². The quantitative estimate of drug-likeness (QED) is 0.408. The number of thiocarbonyl (C=S) groups is 1. The lowest BCUT2D eigenvalue weighted by Gasteiger charge is -2.12. The molecule has 3 rings (SSSR count). The van der Waals surface area contributed by atoms with Crippen LogP contribution in [0.15, 0.2) is 60.7 Å². The maximum Gasteiger partial charge on any atom is 0.257 e. The van der Waals surface area contributed by atoms with Gasteiger partial charge in [0.05, 0.1) is 10.6 Å². The molecule has 0 atom stereocenters. The third-order valence-corrected chi connectivity index (χ3v) is 5.04. The fourth-order valence-corrected chi connectivity index (χ4v) is 3.66. The molecular weight excluding hydrogens is 453 g/mol. The summed E-state index contributed by atoms with van der Waals surface area (Å²) < 4.78 is 0. The Hall–Kier alpha value is -2.93. The minimum Gasteiger partial charge on any atom is -0.332 e. The first-order valence-electron chi connectivity index (χ1n) is 9.28. The molecule has 0 aliphatic rings. The van der Waals surface area contributed by atoms with Crippen LogP contribution in [0.3, 0.4) is 0 Å². The summed E-state index contributed by atoms with van der Waals surface area (Å²) in [5.41, 5.74) is 4.10. The van der Waals surface area contributed by atoms with Gasteiger partial charge in [-0.1, -0.05) is 40.4 Å². The summed E-state index contributed by atoms with van der Waals surface area (Å²) in [7, 11) is 0. The highest BCUT2D eigenvalue weighted by Crippen LogP contribution is 2.22. The molecule has 158 valence electrons. The van der Waals surface area contributed by atoms with Gasteiger partial charge in [0.2, 0.25) is 0 Å². The molecule has 0 unspecified atom stereocenters. The standard InChI is InChI=1S/C23H19Cl2N3O2S/c1-13-9-14(2)11-15(10-13)21(29)28-23(31)27-18-6-4-17(5-7-18)26-22(30)19-8-3-16(24)12-20(19)25/h3-12H,1-2H3,(H,26,30)(H2,27,28,29,31). The summed E-state index contributed by atoms with van der Waals surface area (Å²) in [4.78, 5) is 24.8. The molecule has 0 fully saturated rings. The number of aryl methyl sites for hydroxylation is 2. The summed E-state index contributed by atoms with van der Waals surface area (Å²) in [5, 5.41) is 9.28. The SMILES string of the molecule is Cc1cc(C)cc(C(=O)NC(=S)Nc2ccc(NC(=O)c3ccc(Cl)cc3Cl)cc2)c1. The van der Waals surface area contributed by atoms with Crippen LogP contribution in [0.2, 0.25) is 10.0 Å². The number of carbonyl (C=O) groups excluding carboxylic acids is 2. The van der Waals surface area contributed by atoms with Crippen molar-refractivity contribution in [3.05, 3.63) is 93.0 Å². The molecule has 0 aliphatic heterocycles. The number of hydrogen-bond donors (Lipinski definition) is 3. The molecule has 8 heteroatoms. The topological polar surface area (TPSA) is 70.2 Å². The second-order valence-corrected chi connectivity index (χ2v) is 8.19. The summed E-state index contributed by atoms with van der Waals surface area (Å²) in [6.07, 6.45) is 0. The van der Waals surface area contributed by atoms with E-state index in [9.17, 15) is 9.59 Å². The third kappa shape index (κ3) is 6.28. The Bertz CT molecular complexity index is 1140. The van der Waals surface area contributed by atoms with Gasteiger partial charge in [-0.15, -0.1) is 0 Å². The zero-order valence-electron chi connectivity index (χ0n) is 16.8. The van der Waals surface area contributed by atoms with Crippen LogP contribution in [0.25, 0.3) is 0 Å². The third-order valence-electron chi connectivity index (χ3n) is 4.29. The van der Waals surface area contributed by atoms with Crippen LogP contribution >= 0.6 is 35.4 Å². The number of anilines is 2. The summed E-state index contributed by atoms with van der Waals surface area (Å²) >= 11 is 17.2. The molecule has 0 saturated carbocycles. The van der Waals surface area contributed by atoms with E-state index in [1.807, 2.05) is 19.9 Å². The first-order chi connectivity index (χ1) is 14.7. The Morgan fingerprint density at radius 3 is 1.94 bits per heavy atom. The zero-order valence-corrected chi connectivity index (χ0v) is 19.1. The van der Waals surface area contributed by atoms with E-state index in [0.29, 0.717) is 27.5 Å². The number of carbonyl (C=O) groups is 2. The maximum absolute atomic E-state index is 12.4. The van der Waals surface area contributed by atoms with Crippen molar-refractivity contribution in [2.24, 2.45) is 0 Å². The molecule has 0 spiro atoms. The van der Waals surface area contributed by atoms with Gasteiger partial charge < -0.3 is 10.6 Å². The van der Waals surface area contributed by atoms with Crippen LogP contribution in [0.1, 0.15) is 31.8 Å². The summed E-state index contributed by atoms with van der Waals surface area (Å²) in [5.74, 6) is -0.633. The second kappa shape index (κ2) is 9.92. The second-order valence-electron chi connectivity index (χ2n) is 6.94. The lowest BCUT2D eigenvalue weighted by Crippen LogP contribution is -2.34. The highest BCUT2D eigenvalue weighted by molar-refractivity contribution is 7.80. The average Bonchev–Trinajstić information content (AvgIpc) is 2.68. The fourth-order valence-electron chi connectivity index (χ4n) is 2.95. The van der Waals surface area contributed by atoms with Gasteiger partial charge in [0.15, 0.2) is 5.11 Å². The molecule has 0 saturated heterocycles. The lowest BCUT2D eigenvalue weighted by atomic mass is 10.1. The van der Waals surface area contributed by atoms with E-state index in [0.717, 1.165) is 11.1 Å². The Kier molecular flexibility index (Phi) is 7.28. The monoisotopic (exact) mass is 471 g/mol. The van der Waals surface area contributed by atoms with Gasteiger partial charge in [0.25, 0.3) is 11.8 Å². The number of hydrogen-bond acceptors (Lipinski definition) is 3. The predicted molar refractivity (Wildman–Crippen MR) is 130 cm³/mol. The van der Waals surface area contributed by atoms with Crippen molar-refractivity contribution in [3.8, 4) is 0 Å². The zero-order chi connectivity index (χ0) is 22.5. The minimum absolute atomic E-state index is 0.175. The van der Waals surface area contributed by atoms with E-state index in [4.69, 9.17) is 35.4 Å². The Balaban J connectivity index is 1.59. The van der Waals surface area contributed by atoms with Crippen molar-refractivity contribution >= 4 is 63.7 Å². The van der Waals surface area contributed by atoms with Crippen LogP contribution in [0.4, 0.5) is 11.4 Å². The fraction of sp³-hybridized carbons (Fsp3) is 0.0870. The number of halogens is 2. The van der Waals surface area contributed by atoms with Crippen molar-refractivity contribution in [2.75, 3.05) is 10.6 Å². The molecule has 0 heterocycles. The Morgan fingerprint density at radius 2 is 1.35 bits per heavy atom. The number of nitrogens with one attached hydrogen (secondary N) is 3. The number of rotatable bonds is 4. The molecule has 3 aromatic carbocycles.